The Balaban J connectivity index is 1.62. The predicted octanol–water partition coefficient (Wildman–Crippen LogP) is 3.42. The van der Waals surface area contributed by atoms with Gasteiger partial charge in [-0.1, -0.05) is 17.7 Å². The molecule has 3 aromatic rings. The van der Waals surface area contributed by atoms with E-state index in [1.807, 2.05) is 25.1 Å². The molecule has 40 heavy (non-hydrogen) atoms. The lowest BCUT2D eigenvalue weighted by Gasteiger charge is -2.15. The number of hydrogen-bond donors (Lipinski definition) is 2. The molecule has 0 fully saturated rings. The van der Waals surface area contributed by atoms with Crippen molar-refractivity contribution in [2.45, 2.75) is 27.0 Å². The molecule has 208 valence electrons. The van der Waals surface area contributed by atoms with Crippen molar-refractivity contribution in [3.8, 4) is 17.6 Å². The molecule has 0 aliphatic heterocycles. The zero-order valence-corrected chi connectivity index (χ0v) is 24.0. The van der Waals surface area contributed by atoms with Gasteiger partial charge in [-0.05, 0) is 65.7 Å². The van der Waals surface area contributed by atoms with Gasteiger partial charge in [-0.3, -0.25) is 14.4 Å². The summed E-state index contributed by atoms with van der Waals surface area (Å²) in [5.41, 5.74) is 4.92. The zero-order chi connectivity index (χ0) is 29.2. The van der Waals surface area contributed by atoms with Gasteiger partial charge in [-0.2, -0.15) is 10.4 Å². The van der Waals surface area contributed by atoms with Crippen LogP contribution in [0.5, 0.6) is 11.5 Å². The Bertz CT molecular complexity index is 1530. The summed E-state index contributed by atoms with van der Waals surface area (Å²) in [6, 6.07) is 14.2. The Hall–Kier alpha value is -4.47. The van der Waals surface area contributed by atoms with Crippen molar-refractivity contribution in [3.63, 3.8) is 0 Å². The van der Waals surface area contributed by atoms with Crippen LogP contribution in [0.2, 0.25) is 0 Å². The third-order valence-electron chi connectivity index (χ3n) is 5.74. The molecule has 0 bridgehead atoms. The largest absolute Gasteiger partial charge is 0.493 e. The van der Waals surface area contributed by atoms with E-state index in [2.05, 4.69) is 31.8 Å². The number of nitrogens with zero attached hydrogens (tertiary/aromatic N) is 3. The Labute approximate surface area is 239 Å². The van der Waals surface area contributed by atoms with Crippen LogP contribution < -0.4 is 25.8 Å². The second-order valence-electron chi connectivity index (χ2n) is 8.60. The summed E-state index contributed by atoms with van der Waals surface area (Å²) in [4.78, 5) is 37.5. The standard InChI is InChI=1S/C28H28BrN5O6/c1-17-5-8-20(9-6-17)32-26(36)16-40-23-10-7-19(11-24(23)39-4)13-31-33-25(35)14-34-18(2)27(29)22(15-38-3)21(12-30)28(34)37/h5-11,13H,14-16H2,1-4H3,(H,32,36)(H,33,35)/b31-13+. The number of ether oxygens (including phenoxy) is 3. The molecular formula is C28H28BrN5O6. The highest BCUT2D eigenvalue weighted by molar-refractivity contribution is 9.10. The van der Waals surface area contributed by atoms with Crippen LogP contribution in [-0.4, -0.2) is 43.4 Å². The summed E-state index contributed by atoms with van der Waals surface area (Å²) in [5.74, 6) is -0.168. The van der Waals surface area contributed by atoms with Gasteiger partial charge in [0.05, 0.1) is 19.9 Å². The first-order valence-corrected chi connectivity index (χ1v) is 12.8. The molecule has 0 spiro atoms. The molecule has 12 heteroatoms. The molecule has 2 aromatic carbocycles. The predicted molar refractivity (Wildman–Crippen MR) is 153 cm³/mol. The first-order valence-electron chi connectivity index (χ1n) is 12.0. The quantitative estimate of drug-likeness (QED) is 0.250. The number of hydrazone groups is 1. The second-order valence-corrected chi connectivity index (χ2v) is 9.39. The minimum atomic E-state index is -0.595. The Morgan fingerprint density at radius 1 is 1.10 bits per heavy atom. The molecule has 0 saturated heterocycles. The number of amides is 2. The van der Waals surface area contributed by atoms with Crippen molar-refractivity contribution in [1.82, 2.24) is 9.99 Å². The third kappa shape index (κ3) is 7.56. The summed E-state index contributed by atoms with van der Waals surface area (Å²) in [7, 11) is 2.92. The summed E-state index contributed by atoms with van der Waals surface area (Å²) in [5, 5.41) is 16.2. The van der Waals surface area contributed by atoms with E-state index < -0.39 is 11.5 Å². The van der Waals surface area contributed by atoms with Gasteiger partial charge in [-0.25, -0.2) is 5.43 Å². The maximum absolute atomic E-state index is 12.8. The van der Waals surface area contributed by atoms with E-state index in [-0.39, 0.29) is 31.2 Å². The first kappa shape index (κ1) is 30.1. The highest BCUT2D eigenvalue weighted by atomic mass is 79.9. The Morgan fingerprint density at radius 3 is 2.48 bits per heavy atom. The number of carbonyl (C=O) groups excluding carboxylic acids is 2. The summed E-state index contributed by atoms with van der Waals surface area (Å²) in [6.07, 6.45) is 1.39. The average Bonchev–Trinajstić information content (AvgIpc) is 2.94. The highest BCUT2D eigenvalue weighted by Crippen LogP contribution is 2.27. The van der Waals surface area contributed by atoms with Crippen LogP contribution in [0.1, 0.15) is 27.9 Å². The van der Waals surface area contributed by atoms with Gasteiger partial charge in [-0.15, -0.1) is 0 Å². The smallest absolute Gasteiger partial charge is 0.269 e. The molecule has 1 aromatic heterocycles. The van der Waals surface area contributed by atoms with Gasteiger partial charge in [0.2, 0.25) is 0 Å². The Morgan fingerprint density at radius 2 is 1.82 bits per heavy atom. The van der Waals surface area contributed by atoms with Crippen LogP contribution in [0.25, 0.3) is 0 Å². The SMILES string of the molecule is COCc1c(Br)c(C)n(CC(=O)N/N=C/c2ccc(OCC(=O)Nc3ccc(C)cc3)c(OC)c2)c(=O)c1C#N. The van der Waals surface area contributed by atoms with Gasteiger partial charge in [0.1, 0.15) is 18.2 Å². The number of aryl methyl sites for hydroxylation is 1. The number of aromatic nitrogens is 1. The number of rotatable bonds is 11. The average molecular weight is 610 g/mol. The van der Waals surface area contributed by atoms with Gasteiger partial charge in [0.25, 0.3) is 17.4 Å². The van der Waals surface area contributed by atoms with E-state index >= 15 is 0 Å². The number of halogens is 1. The molecule has 1 heterocycles. The van der Waals surface area contributed by atoms with E-state index in [1.165, 1.54) is 25.0 Å². The number of hydrogen-bond acceptors (Lipinski definition) is 8. The molecular weight excluding hydrogens is 582 g/mol. The number of carbonyl (C=O) groups is 2. The summed E-state index contributed by atoms with van der Waals surface area (Å²) >= 11 is 3.39. The number of methoxy groups -OCH3 is 2. The number of benzene rings is 2. The summed E-state index contributed by atoms with van der Waals surface area (Å²) < 4.78 is 17.8. The zero-order valence-electron chi connectivity index (χ0n) is 22.4. The van der Waals surface area contributed by atoms with E-state index in [4.69, 9.17) is 14.2 Å². The molecule has 2 amide bonds. The molecule has 0 saturated carbocycles. The number of anilines is 1. The molecule has 0 radical (unpaired) electrons. The Kier molecular flexibility index (Phi) is 10.6. The minimum Gasteiger partial charge on any atom is -0.493 e. The molecule has 11 nitrogen and oxygen atoms in total. The van der Waals surface area contributed by atoms with E-state index in [1.54, 1.807) is 37.3 Å². The van der Waals surface area contributed by atoms with E-state index in [9.17, 15) is 19.6 Å². The molecule has 0 unspecified atom stereocenters. The molecule has 0 atom stereocenters. The fourth-order valence-corrected chi connectivity index (χ4v) is 4.19. The number of nitriles is 1. The van der Waals surface area contributed by atoms with E-state index in [0.29, 0.717) is 38.5 Å². The van der Waals surface area contributed by atoms with Crippen molar-refractivity contribution in [1.29, 1.82) is 5.26 Å². The maximum atomic E-state index is 12.8. The lowest BCUT2D eigenvalue weighted by Crippen LogP contribution is -2.33. The van der Waals surface area contributed by atoms with Crippen molar-refractivity contribution in [3.05, 3.63) is 85.2 Å². The van der Waals surface area contributed by atoms with E-state index in [0.717, 1.165) is 5.56 Å². The molecule has 2 N–H and O–H groups in total. The maximum Gasteiger partial charge on any atom is 0.269 e. The van der Waals surface area contributed by atoms with Crippen molar-refractivity contribution >= 4 is 39.6 Å². The third-order valence-corrected chi connectivity index (χ3v) is 6.79. The number of pyridine rings is 1. The normalized spacial score (nSPS) is 10.7. The summed E-state index contributed by atoms with van der Waals surface area (Å²) in [6.45, 7) is 3.13. The van der Waals surface area contributed by atoms with Gasteiger partial charge < -0.3 is 24.1 Å². The van der Waals surface area contributed by atoms with Crippen LogP contribution in [0.3, 0.4) is 0 Å². The molecule has 0 aliphatic rings. The molecule has 3 rings (SSSR count). The van der Waals surface area contributed by atoms with Gasteiger partial charge in [0.15, 0.2) is 18.1 Å². The van der Waals surface area contributed by atoms with Crippen LogP contribution in [0, 0.1) is 25.2 Å². The fraction of sp³-hybridized carbons (Fsp3) is 0.250. The van der Waals surface area contributed by atoms with Crippen LogP contribution >= 0.6 is 15.9 Å². The van der Waals surface area contributed by atoms with Crippen molar-refractivity contribution in [2.24, 2.45) is 5.10 Å². The van der Waals surface area contributed by atoms with Crippen molar-refractivity contribution in [2.75, 3.05) is 26.1 Å². The van der Waals surface area contributed by atoms with Gasteiger partial charge in [0, 0.05) is 28.5 Å². The lowest BCUT2D eigenvalue weighted by molar-refractivity contribution is -0.121. The monoisotopic (exact) mass is 609 g/mol. The van der Waals surface area contributed by atoms with Crippen molar-refractivity contribution < 1.29 is 23.8 Å². The topological polar surface area (TPSA) is 144 Å². The van der Waals surface area contributed by atoms with Crippen LogP contribution in [0.4, 0.5) is 5.69 Å². The van der Waals surface area contributed by atoms with Crippen LogP contribution in [0.15, 0.2) is 56.8 Å². The first-order chi connectivity index (χ1) is 19.2. The fourth-order valence-electron chi connectivity index (χ4n) is 3.67. The second kappa shape index (κ2) is 14.1. The lowest BCUT2D eigenvalue weighted by atomic mass is 10.1. The molecule has 0 aliphatic carbocycles. The highest BCUT2D eigenvalue weighted by Gasteiger charge is 2.19. The van der Waals surface area contributed by atoms with Gasteiger partial charge >= 0.3 is 0 Å². The minimum absolute atomic E-state index is 0.0742. The van der Waals surface area contributed by atoms with Crippen LogP contribution in [-0.2, 0) is 27.5 Å². The number of nitrogens with one attached hydrogen (secondary N) is 2.